The predicted octanol–water partition coefficient (Wildman–Crippen LogP) is 4.26. The summed E-state index contributed by atoms with van der Waals surface area (Å²) >= 11 is 1.34. The number of amides is 2. The van der Waals surface area contributed by atoms with Gasteiger partial charge in [-0.05, 0) is 44.1 Å². The van der Waals surface area contributed by atoms with Gasteiger partial charge in [-0.2, -0.15) is 5.10 Å². The largest absolute Gasteiger partial charge is 0.352 e. The van der Waals surface area contributed by atoms with Crippen LogP contribution in [0.3, 0.4) is 0 Å². The molecule has 0 unspecified atom stereocenters. The summed E-state index contributed by atoms with van der Waals surface area (Å²) in [6.45, 7) is 0.207. The number of aryl methyl sites for hydroxylation is 2. The summed E-state index contributed by atoms with van der Waals surface area (Å²) in [4.78, 5) is 27.1. The number of anilines is 3. The van der Waals surface area contributed by atoms with Crippen LogP contribution in [0, 0.1) is 11.8 Å². The molecule has 3 aromatic heterocycles. The minimum atomic E-state index is -2.72. The number of nitrogens with zero attached hydrogens (tertiary/aromatic N) is 5. The van der Waals surface area contributed by atoms with E-state index >= 15 is 0 Å². The van der Waals surface area contributed by atoms with Gasteiger partial charge in [0.05, 0.1) is 5.56 Å². The van der Waals surface area contributed by atoms with Crippen molar-refractivity contribution in [2.24, 2.45) is 18.9 Å². The Morgan fingerprint density at radius 2 is 2.00 bits per heavy atom. The molecule has 3 aromatic rings. The number of carbonyl (C=O) groups is 2. The fourth-order valence-electron chi connectivity index (χ4n) is 5.27. The van der Waals surface area contributed by atoms with Crippen molar-refractivity contribution >= 4 is 39.9 Å². The molecule has 0 aromatic carbocycles. The molecule has 0 aliphatic heterocycles. The summed E-state index contributed by atoms with van der Waals surface area (Å²) in [6, 6.07) is 1.07. The Labute approximate surface area is 230 Å². The van der Waals surface area contributed by atoms with Crippen molar-refractivity contribution in [3.05, 3.63) is 34.1 Å². The van der Waals surface area contributed by atoms with Gasteiger partial charge in [-0.25, -0.2) is 17.6 Å². The quantitative estimate of drug-likeness (QED) is 0.326. The lowest BCUT2D eigenvalue weighted by Gasteiger charge is -2.28. The van der Waals surface area contributed by atoms with Crippen LogP contribution in [0.2, 0.25) is 0 Å². The number of carbonyl (C=O) groups excluding carboxylic acids is 2. The van der Waals surface area contributed by atoms with Gasteiger partial charge in [-0.15, -0.1) is 21.5 Å². The van der Waals surface area contributed by atoms with E-state index in [-0.39, 0.29) is 48.9 Å². The van der Waals surface area contributed by atoms with Crippen molar-refractivity contribution in [3.63, 3.8) is 0 Å². The van der Waals surface area contributed by atoms with Gasteiger partial charge in [0.2, 0.25) is 11.9 Å². The number of alkyl halides is 4. The van der Waals surface area contributed by atoms with Gasteiger partial charge >= 0.3 is 0 Å². The van der Waals surface area contributed by atoms with Crippen LogP contribution >= 0.6 is 11.3 Å². The number of nitrogens with one attached hydrogen (secondary N) is 3. The van der Waals surface area contributed by atoms with Crippen LogP contribution in [0.5, 0.6) is 0 Å². The molecule has 3 aliphatic carbocycles. The lowest BCUT2D eigenvalue weighted by molar-refractivity contribution is -0.124. The molecule has 0 spiro atoms. The van der Waals surface area contributed by atoms with Crippen LogP contribution in [0.25, 0.3) is 0 Å². The SMILES string of the molecule is Cn1nc(C(F)F)cc1Nc1nncn1[C@H]1CCc2sc(NC(=O)[C@H]3C[C@H](F)C3)c(C(=O)NC[C@H]3C[C@@H]3F)c2C1. The van der Waals surface area contributed by atoms with Gasteiger partial charge in [0.15, 0.2) is 0 Å². The van der Waals surface area contributed by atoms with E-state index in [9.17, 15) is 27.2 Å². The number of halogens is 4. The molecular weight excluding hydrogens is 552 g/mol. The Bertz CT molecular complexity index is 1430. The Morgan fingerprint density at radius 3 is 2.67 bits per heavy atom. The monoisotopic (exact) mass is 580 g/mol. The third-order valence-corrected chi connectivity index (χ3v) is 9.05. The second-order valence-electron chi connectivity index (χ2n) is 10.6. The molecule has 15 heteroatoms. The van der Waals surface area contributed by atoms with Crippen LogP contribution in [0.4, 0.5) is 34.3 Å². The van der Waals surface area contributed by atoms with E-state index in [4.69, 9.17) is 0 Å². The molecule has 3 atom stereocenters. The highest BCUT2D eigenvalue weighted by Gasteiger charge is 2.39. The zero-order valence-corrected chi connectivity index (χ0v) is 22.4. The summed E-state index contributed by atoms with van der Waals surface area (Å²) in [5.41, 5.74) is 0.760. The van der Waals surface area contributed by atoms with Crippen molar-refractivity contribution in [3.8, 4) is 0 Å². The minimum Gasteiger partial charge on any atom is -0.352 e. The summed E-state index contributed by atoms with van der Waals surface area (Å²) in [6.07, 6.45) is -0.605. The summed E-state index contributed by atoms with van der Waals surface area (Å²) in [5, 5.41) is 21.0. The average Bonchev–Trinajstić information content (AvgIpc) is 3.23. The van der Waals surface area contributed by atoms with Crippen LogP contribution in [0.1, 0.15) is 64.6 Å². The normalized spacial score (nSPS) is 25.3. The Balaban J connectivity index is 1.25. The lowest BCUT2D eigenvalue weighted by Crippen LogP contribution is -2.36. The number of thiophene rings is 1. The first-order valence-electron chi connectivity index (χ1n) is 13.2. The Hall–Kier alpha value is -3.49. The van der Waals surface area contributed by atoms with E-state index in [2.05, 4.69) is 31.2 Å². The van der Waals surface area contributed by atoms with Gasteiger partial charge in [-0.3, -0.25) is 18.8 Å². The van der Waals surface area contributed by atoms with E-state index in [1.54, 1.807) is 4.57 Å². The molecule has 3 N–H and O–H groups in total. The topological polar surface area (TPSA) is 119 Å². The van der Waals surface area contributed by atoms with Crippen LogP contribution in [-0.2, 0) is 24.7 Å². The maximum atomic E-state index is 13.4. The fourth-order valence-corrected chi connectivity index (χ4v) is 6.51. The zero-order chi connectivity index (χ0) is 28.1. The molecule has 0 radical (unpaired) electrons. The summed E-state index contributed by atoms with van der Waals surface area (Å²) < 4.78 is 56.1. The molecule has 2 saturated carbocycles. The Morgan fingerprint density at radius 1 is 1.23 bits per heavy atom. The molecule has 2 fully saturated rings. The average molecular weight is 581 g/mol. The van der Waals surface area contributed by atoms with Gasteiger partial charge in [-0.1, -0.05) is 0 Å². The van der Waals surface area contributed by atoms with Gasteiger partial charge in [0.25, 0.3) is 12.3 Å². The van der Waals surface area contributed by atoms with Crippen molar-refractivity contribution in [1.29, 1.82) is 0 Å². The number of hydrogen-bond acceptors (Lipinski definition) is 7. The number of hydrogen-bond donors (Lipinski definition) is 3. The van der Waals surface area contributed by atoms with Crippen molar-refractivity contribution in [1.82, 2.24) is 29.9 Å². The van der Waals surface area contributed by atoms with Gasteiger partial charge in [0, 0.05) is 42.4 Å². The van der Waals surface area contributed by atoms with Crippen molar-refractivity contribution in [2.45, 2.75) is 63.3 Å². The predicted molar refractivity (Wildman–Crippen MR) is 138 cm³/mol. The third kappa shape index (κ3) is 5.18. The molecular formula is C25H28F4N8O2S. The highest BCUT2D eigenvalue weighted by atomic mass is 32.1. The first-order valence-corrected chi connectivity index (χ1v) is 14.0. The van der Waals surface area contributed by atoms with Crippen molar-refractivity contribution < 1.29 is 27.2 Å². The molecule has 0 saturated heterocycles. The van der Waals surface area contributed by atoms with Crippen LogP contribution in [-0.4, -0.2) is 55.2 Å². The molecule has 10 nitrogen and oxygen atoms in total. The van der Waals surface area contributed by atoms with E-state index in [0.29, 0.717) is 48.0 Å². The Kier molecular flexibility index (Phi) is 7.00. The molecule has 3 heterocycles. The van der Waals surface area contributed by atoms with Crippen LogP contribution < -0.4 is 16.0 Å². The fraction of sp³-hybridized carbons (Fsp3) is 0.560. The summed E-state index contributed by atoms with van der Waals surface area (Å²) in [5.74, 6) is -0.682. The second kappa shape index (κ2) is 10.5. The highest BCUT2D eigenvalue weighted by Crippen LogP contribution is 2.43. The van der Waals surface area contributed by atoms with Crippen LogP contribution in [0.15, 0.2) is 12.4 Å². The third-order valence-electron chi connectivity index (χ3n) is 7.84. The lowest BCUT2D eigenvalue weighted by atomic mass is 9.83. The van der Waals surface area contributed by atoms with E-state index in [0.717, 1.165) is 10.4 Å². The zero-order valence-electron chi connectivity index (χ0n) is 21.5. The molecule has 0 bridgehead atoms. The maximum absolute atomic E-state index is 13.4. The first-order chi connectivity index (χ1) is 19.2. The van der Waals surface area contributed by atoms with E-state index < -0.39 is 24.7 Å². The van der Waals surface area contributed by atoms with Gasteiger partial charge < -0.3 is 16.0 Å². The molecule has 214 valence electrons. The molecule has 40 heavy (non-hydrogen) atoms. The molecule has 6 rings (SSSR count). The number of aromatic nitrogens is 5. The number of rotatable bonds is 9. The van der Waals surface area contributed by atoms with E-state index in [1.807, 2.05) is 0 Å². The minimum absolute atomic E-state index is 0.166. The highest BCUT2D eigenvalue weighted by molar-refractivity contribution is 7.17. The smallest absolute Gasteiger partial charge is 0.282 e. The van der Waals surface area contributed by atoms with E-state index in [1.165, 1.54) is 35.5 Å². The summed E-state index contributed by atoms with van der Waals surface area (Å²) in [7, 11) is 1.54. The maximum Gasteiger partial charge on any atom is 0.282 e. The number of fused-ring (bicyclic) bond motifs is 1. The van der Waals surface area contributed by atoms with Gasteiger partial charge in [0.1, 0.15) is 35.2 Å². The molecule has 2 amide bonds. The second-order valence-corrected chi connectivity index (χ2v) is 11.8. The standard InChI is InChI=1S/C25H28F4N8O2S/c1-36-19(8-17(35-36)21(28)29)32-25-34-31-10-37(25)14-2-3-18-15(7-14)20(23(39)30-9-12-6-16(12)27)24(40-18)33-22(38)11-4-13(26)5-11/h8,10-14,16,21H,2-7,9H2,1H3,(H,30,39)(H,32,34)(H,33,38)/t11-,12-,13-,14+,16+/m1/s1. The first kappa shape index (κ1) is 26.7. The van der Waals surface area contributed by atoms with Crippen molar-refractivity contribution in [2.75, 3.05) is 17.2 Å². The molecule has 3 aliphatic rings.